The molecule has 1 aromatic carbocycles. The summed E-state index contributed by atoms with van der Waals surface area (Å²) in [5.41, 5.74) is 1.81. The van der Waals surface area contributed by atoms with Crippen LogP contribution in [0.2, 0.25) is 0 Å². The first kappa shape index (κ1) is 8.97. The Hall–Kier alpha value is -1.61. The Morgan fingerprint density at radius 3 is 2.71 bits per heavy atom. The van der Waals surface area contributed by atoms with E-state index in [0.717, 1.165) is 11.3 Å². The van der Waals surface area contributed by atoms with Gasteiger partial charge in [-0.3, -0.25) is 0 Å². The van der Waals surface area contributed by atoms with E-state index in [-0.39, 0.29) is 0 Å². The van der Waals surface area contributed by atoms with Crippen molar-refractivity contribution < 1.29 is 5.11 Å². The topological polar surface area (TPSA) is 38.0 Å². The molecule has 0 aliphatic heterocycles. The van der Waals surface area contributed by atoms with Crippen LogP contribution < -0.4 is 0 Å². The highest BCUT2D eigenvalue weighted by Gasteiger charge is 2.07. The molecular formula is C11H12N2O. The van der Waals surface area contributed by atoms with Gasteiger partial charge in [0.05, 0.1) is 11.8 Å². The molecule has 0 radical (unpaired) electrons. The molecule has 0 unspecified atom stereocenters. The molecule has 0 aliphatic rings. The lowest BCUT2D eigenvalue weighted by molar-refractivity contribution is 0.199. The van der Waals surface area contributed by atoms with E-state index in [4.69, 9.17) is 0 Å². The summed E-state index contributed by atoms with van der Waals surface area (Å²) in [5, 5.41) is 13.7. The van der Waals surface area contributed by atoms with E-state index in [0.29, 0.717) is 0 Å². The summed E-state index contributed by atoms with van der Waals surface area (Å²) in [6.07, 6.45) is 3.11. The molecule has 0 bridgehead atoms. The van der Waals surface area contributed by atoms with Crippen LogP contribution in [0, 0.1) is 0 Å². The number of aromatic nitrogens is 2. The third kappa shape index (κ3) is 1.54. The smallest absolute Gasteiger partial charge is 0.0782 e. The maximum atomic E-state index is 9.56. The van der Waals surface area contributed by atoms with Gasteiger partial charge in [0.25, 0.3) is 0 Å². The van der Waals surface area contributed by atoms with Crippen molar-refractivity contribution in [2.45, 2.75) is 13.0 Å². The number of rotatable bonds is 2. The van der Waals surface area contributed by atoms with Gasteiger partial charge in [-0.25, -0.2) is 4.68 Å². The van der Waals surface area contributed by atoms with E-state index in [2.05, 4.69) is 5.10 Å². The summed E-state index contributed by atoms with van der Waals surface area (Å²) in [6.45, 7) is 1.75. The van der Waals surface area contributed by atoms with Gasteiger partial charge in [0, 0.05) is 18.0 Å². The minimum absolute atomic E-state index is 0.476. The fraction of sp³-hybridized carbons (Fsp3) is 0.182. The van der Waals surface area contributed by atoms with Gasteiger partial charge in [-0.05, 0) is 19.1 Å². The minimum Gasteiger partial charge on any atom is -0.389 e. The number of benzene rings is 1. The number of nitrogens with zero attached hydrogens (tertiary/aromatic N) is 2. The first-order valence-electron chi connectivity index (χ1n) is 4.56. The van der Waals surface area contributed by atoms with Crippen LogP contribution in [0.4, 0.5) is 0 Å². The van der Waals surface area contributed by atoms with Crippen LogP contribution in [-0.4, -0.2) is 14.9 Å². The summed E-state index contributed by atoms with van der Waals surface area (Å²) in [6, 6.07) is 9.55. The predicted molar refractivity (Wildman–Crippen MR) is 54.2 cm³/mol. The standard InChI is InChI=1S/C11H12N2O/c1-9(14)10-5-2-3-6-11(10)13-8-4-7-12-13/h2-9,14H,1H3/t9-/m0/s1. The zero-order valence-corrected chi connectivity index (χ0v) is 7.96. The van der Waals surface area contributed by atoms with Crippen LogP contribution >= 0.6 is 0 Å². The van der Waals surface area contributed by atoms with Crippen molar-refractivity contribution in [3.8, 4) is 5.69 Å². The van der Waals surface area contributed by atoms with Crippen LogP contribution in [0.15, 0.2) is 42.7 Å². The van der Waals surface area contributed by atoms with Crippen molar-refractivity contribution in [2.24, 2.45) is 0 Å². The summed E-state index contributed by atoms with van der Waals surface area (Å²) in [7, 11) is 0. The number of hydrogen-bond donors (Lipinski definition) is 1. The SMILES string of the molecule is C[C@H](O)c1ccccc1-n1cccn1. The molecule has 0 aliphatic carbocycles. The summed E-state index contributed by atoms with van der Waals surface area (Å²) < 4.78 is 1.75. The monoisotopic (exact) mass is 188 g/mol. The summed E-state index contributed by atoms with van der Waals surface area (Å²) in [5.74, 6) is 0. The highest BCUT2D eigenvalue weighted by molar-refractivity contribution is 5.41. The van der Waals surface area contributed by atoms with Crippen molar-refractivity contribution in [1.82, 2.24) is 9.78 Å². The van der Waals surface area contributed by atoms with E-state index in [1.54, 1.807) is 17.8 Å². The molecule has 3 heteroatoms. The minimum atomic E-state index is -0.476. The molecule has 0 fully saturated rings. The van der Waals surface area contributed by atoms with Crippen LogP contribution in [0.5, 0.6) is 0 Å². The van der Waals surface area contributed by atoms with E-state index in [1.165, 1.54) is 0 Å². The average Bonchev–Trinajstić information content (AvgIpc) is 2.70. The second kappa shape index (κ2) is 3.64. The van der Waals surface area contributed by atoms with Crippen LogP contribution in [0.1, 0.15) is 18.6 Å². The van der Waals surface area contributed by atoms with Gasteiger partial charge in [-0.15, -0.1) is 0 Å². The number of aliphatic hydroxyl groups excluding tert-OH is 1. The van der Waals surface area contributed by atoms with Crippen molar-refractivity contribution >= 4 is 0 Å². The molecule has 1 atom stereocenters. The van der Waals surface area contributed by atoms with Crippen LogP contribution in [-0.2, 0) is 0 Å². The summed E-state index contributed by atoms with van der Waals surface area (Å²) in [4.78, 5) is 0. The highest BCUT2D eigenvalue weighted by Crippen LogP contribution is 2.20. The van der Waals surface area contributed by atoms with Gasteiger partial charge in [0.2, 0.25) is 0 Å². The Labute approximate surface area is 82.6 Å². The predicted octanol–water partition coefficient (Wildman–Crippen LogP) is 1.93. The van der Waals surface area contributed by atoms with Crippen molar-refractivity contribution in [3.05, 3.63) is 48.3 Å². The largest absolute Gasteiger partial charge is 0.389 e. The van der Waals surface area contributed by atoms with Crippen molar-refractivity contribution in [2.75, 3.05) is 0 Å². The molecule has 1 N–H and O–H groups in total. The lowest BCUT2D eigenvalue weighted by Crippen LogP contribution is -2.02. The molecule has 14 heavy (non-hydrogen) atoms. The fourth-order valence-electron chi connectivity index (χ4n) is 1.46. The highest BCUT2D eigenvalue weighted by atomic mass is 16.3. The second-order valence-corrected chi connectivity index (χ2v) is 3.19. The first-order chi connectivity index (χ1) is 6.79. The zero-order chi connectivity index (χ0) is 9.97. The van der Waals surface area contributed by atoms with Gasteiger partial charge in [0.1, 0.15) is 0 Å². The Morgan fingerprint density at radius 1 is 1.29 bits per heavy atom. The van der Waals surface area contributed by atoms with Crippen LogP contribution in [0.25, 0.3) is 5.69 Å². The van der Waals surface area contributed by atoms with E-state index >= 15 is 0 Å². The molecule has 3 nitrogen and oxygen atoms in total. The normalized spacial score (nSPS) is 12.7. The molecule has 0 saturated heterocycles. The molecule has 0 saturated carbocycles. The van der Waals surface area contributed by atoms with Crippen molar-refractivity contribution in [3.63, 3.8) is 0 Å². The molecule has 0 amide bonds. The van der Waals surface area contributed by atoms with Gasteiger partial charge < -0.3 is 5.11 Å². The molecule has 1 aromatic heterocycles. The molecule has 0 spiro atoms. The third-order valence-electron chi connectivity index (χ3n) is 2.14. The lowest BCUT2D eigenvalue weighted by atomic mass is 10.1. The van der Waals surface area contributed by atoms with E-state index < -0.39 is 6.10 Å². The Balaban J connectivity index is 2.53. The van der Waals surface area contributed by atoms with Gasteiger partial charge in [-0.1, -0.05) is 18.2 Å². The third-order valence-corrected chi connectivity index (χ3v) is 2.14. The van der Waals surface area contributed by atoms with Gasteiger partial charge in [-0.2, -0.15) is 5.10 Å². The van der Waals surface area contributed by atoms with Crippen LogP contribution in [0.3, 0.4) is 0 Å². The quantitative estimate of drug-likeness (QED) is 0.782. The van der Waals surface area contributed by atoms with Crippen molar-refractivity contribution in [1.29, 1.82) is 0 Å². The number of para-hydroxylation sites is 1. The Bertz CT molecular complexity index is 407. The Morgan fingerprint density at radius 2 is 2.07 bits per heavy atom. The van der Waals surface area contributed by atoms with E-state index in [1.807, 2.05) is 36.5 Å². The molecular weight excluding hydrogens is 176 g/mol. The maximum absolute atomic E-state index is 9.56. The second-order valence-electron chi connectivity index (χ2n) is 3.19. The first-order valence-corrected chi connectivity index (χ1v) is 4.56. The van der Waals surface area contributed by atoms with E-state index in [9.17, 15) is 5.11 Å². The zero-order valence-electron chi connectivity index (χ0n) is 7.96. The maximum Gasteiger partial charge on any atom is 0.0782 e. The Kier molecular flexibility index (Phi) is 2.33. The average molecular weight is 188 g/mol. The molecule has 1 heterocycles. The molecule has 2 aromatic rings. The van der Waals surface area contributed by atoms with Gasteiger partial charge in [0.15, 0.2) is 0 Å². The van der Waals surface area contributed by atoms with Gasteiger partial charge >= 0.3 is 0 Å². The lowest BCUT2D eigenvalue weighted by Gasteiger charge is -2.11. The number of aliphatic hydroxyl groups is 1. The molecule has 2 rings (SSSR count). The summed E-state index contributed by atoms with van der Waals surface area (Å²) >= 11 is 0. The number of hydrogen-bond acceptors (Lipinski definition) is 2. The fourth-order valence-corrected chi connectivity index (χ4v) is 1.46. The molecule has 72 valence electrons.